The number of benzene rings is 2. The minimum atomic E-state index is -0.222. The van der Waals surface area contributed by atoms with Crippen LogP contribution in [0.4, 0.5) is 4.39 Å². The molecule has 0 spiro atoms. The third-order valence-electron chi connectivity index (χ3n) is 4.54. The van der Waals surface area contributed by atoms with Crippen molar-refractivity contribution in [3.8, 4) is 0 Å². The van der Waals surface area contributed by atoms with E-state index >= 15 is 0 Å². The minimum Gasteiger partial charge on any atom is -0.356 e. The Bertz CT molecular complexity index is 893. The van der Waals surface area contributed by atoms with Crippen LogP contribution in [0, 0.1) is 5.82 Å². The van der Waals surface area contributed by atoms with Crippen LogP contribution in [0.2, 0.25) is 0 Å². The van der Waals surface area contributed by atoms with Gasteiger partial charge in [-0.3, -0.25) is 4.99 Å². The molecule has 0 saturated heterocycles. The van der Waals surface area contributed by atoms with E-state index in [1.165, 1.54) is 17.7 Å². The van der Waals surface area contributed by atoms with Crippen LogP contribution in [-0.4, -0.2) is 41.1 Å². The van der Waals surface area contributed by atoms with Crippen molar-refractivity contribution in [1.82, 2.24) is 19.8 Å². The summed E-state index contributed by atoms with van der Waals surface area (Å²) in [5.41, 5.74) is 2.29. The van der Waals surface area contributed by atoms with E-state index in [9.17, 15) is 4.39 Å². The van der Waals surface area contributed by atoms with Gasteiger partial charge in [0.1, 0.15) is 11.6 Å². The SMILES string of the molecule is CN=C(NCCc1nccn1Cc1ccccc1)N(C)Cc1ccc(F)cc1.I. The van der Waals surface area contributed by atoms with Gasteiger partial charge in [-0.2, -0.15) is 0 Å². The summed E-state index contributed by atoms with van der Waals surface area (Å²) >= 11 is 0. The molecule has 0 fully saturated rings. The van der Waals surface area contributed by atoms with Crippen LogP contribution in [-0.2, 0) is 19.5 Å². The molecule has 3 rings (SSSR count). The summed E-state index contributed by atoms with van der Waals surface area (Å²) in [7, 11) is 3.73. The predicted octanol–water partition coefficient (Wildman–Crippen LogP) is 3.94. The second-order valence-electron chi connectivity index (χ2n) is 6.66. The van der Waals surface area contributed by atoms with Crippen LogP contribution in [0.25, 0.3) is 0 Å². The van der Waals surface area contributed by atoms with Crippen molar-refractivity contribution in [2.24, 2.45) is 4.99 Å². The van der Waals surface area contributed by atoms with Gasteiger partial charge in [-0.25, -0.2) is 9.37 Å². The smallest absolute Gasteiger partial charge is 0.193 e. The molecule has 7 heteroatoms. The van der Waals surface area contributed by atoms with Crippen LogP contribution >= 0.6 is 24.0 Å². The fourth-order valence-corrected chi connectivity index (χ4v) is 3.10. The number of rotatable bonds is 7. The fourth-order valence-electron chi connectivity index (χ4n) is 3.10. The van der Waals surface area contributed by atoms with Crippen molar-refractivity contribution in [1.29, 1.82) is 0 Å². The second kappa shape index (κ2) is 11.5. The van der Waals surface area contributed by atoms with E-state index in [0.29, 0.717) is 6.54 Å². The molecule has 0 unspecified atom stereocenters. The molecule has 0 saturated carbocycles. The fraction of sp³-hybridized carbons (Fsp3) is 0.273. The quantitative estimate of drug-likeness (QED) is 0.300. The number of nitrogens with one attached hydrogen (secondary N) is 1. The molecule has 0 aliphatic carbocycles. The number of hydrogen-bond acceptors (Lipinski definition) is 2. The Balaban J connectivity index is 0.00000300. The molecule has 154 valence electrons. The standard InChI is InChI=1S/C22H26FN5.HI/c1-24-22(27(2)16-19-8-10-20(23)11-9-19)26-13-12-21-25-14-15-28(21)17-18-6-4-3-5-7-18;/h3-11,14-15H,12-13,16-17H2,1-2H3,(H,24,26);1H. The highest BCUT2D eigenvalue weighted by atomic mass is 127. The molecule has 2 aromatic carbocycles. The maximum atomic E-state index is 13.1. The molecule has 0 radical (unpaired) electrons. The van der Waals surface area contributed by atoms with E-state index in [1.807, 2.05) is 30.4 Å². The number of aliphatic imine (C=N–C) groups is 1. The number of halogens is 2. The lowest BCUT2D eigenvalue weighted by molar-refractivity contribution is 0.476. The Morgan fingerprint density at radius 1 is 1.10 bits per heavy atom. The lowest BCUT2D eigenvalue weighted by Gasteiger charge is -2.22. The summed E-state index contributed by atoms with van der Waals surface area (Å²) < 4.78 is 15.2. The van der Waals surface area contributed by atoms with E-state index in [2.05, 4.69) is 44.1 Å². The molecule has 0 bridgehead atoms. The molecule has 5 nitrogen and oxygen atoms in total. The lowest BCUT2D eigenvalue weighted by Crippen LogP contribution is -2.39. The summed E-state index contributed by atoms with van der Waals surface area (Å²) in [4.78, 5) is 10.8. The van der Waals surface area contributed by atoms with Gasteiger partial charge in [-0.15, -0.1) is 24.0 Å². The third-order valence-corrected chi connectivity index (χ3v) is 4.54. The highest BCUT2D eigenvalue weighted by molar-refractivity contribution is 14.0. The Kier molecular flexibility index (Phi) is 9.11. The first-order chi connectivity index (χ1) is 13.7. The van der Waals surface area contributed by atoms with Gasteiger partial charge in [-0.1, -0.05) is 42.5 Å². The predicted molar refractivity (Wildman–Crippen MR) is 126 cm³/mol. The highest BCUT2D eigenvalue weighted by Crippen LogP contribution is 2.07. The molecule has 0 amide bonds. The molecular formula is C22H27FIN5. The molecular weight excluding hydrogens is 480 g/mol. The van der Waals surface area contributed by atoms with Gasteiger partial charge in [0, 0.05) is 52.5 Å². The maximum Gasteiger partial charge on any atom is 0.193 e. The zero-order valence-corrected chi connectivity index (χ0v) is 19.1. The maximum absolute atomic E-state index is 13.1. The molecule has 0 atom stereocenters. The molecule has 29 heavy (non-hydrogen) atoms. The van der Waals surface area contributed by atoms with Crippen molar-refractivity contribution in [3.05, 3.63) is 89.8 Å². The topological polar surface area (TPSA) is 45.5 Å². The van der Waals surface area contributed by atoms with Crippen molar-refractivity contribution in [2.75, 3.05) is 20.6 Å². The molecule has 3 aromatic rings. The van der Waals surface area contributed by atoms with E-state index in [0.717, 1.165) is 36.9 Å². The van der Waals surface area contributed by atoms with Crippen LogP contribution in [0.15, 0.2) is 72.0 Å². The largest absolute Gasteiger partial charge is 0.356 e. The van der Waals surface area contributed by atoms with E-state index in [4.69, 9.17) is 0 Å². The summed E-state index contributed by atoms with van der Waals surface area (Å²) in [6.07, 6.45) is 4.65. The van der Waals surface area contributed by atoms with Gasteiger partial charge in [0.05, 0.1) is 0 Å². The van der Waals surface area contributed by atoms with Gasteiger partial charge in [-0.05, 0) is 23.3 Å². The van der Waals surface area contributed by atoms with Crippen LogP contribution in [0.3, 0.4) is 0 Å². The van der Waals surface area contributed by atoms with Crippen molar-refractivity contribution in [3.63, 3.8) is 0 Å². The number of guanidine groups is 1. The van der Waals surface area contributed by atoms with Crippen LogP contribution in [0.5, 0.6) is 0 Å². The van der Waals surface area contributed by atoms with Crippen molar-refractivity contribution in [2.45, 2.75) is 19.5 Å². The minimum absolute atomic E-state index is 0. The van der Waals surface area contributed by atoms with E-state index in [1.54, 1.807) is 19.2 Å². The first-order valence-electron chi connectivity index (χ1n) is 9.36. The lowest BCUT2D eigenvalue weighted by atomic mass is 10.2. The average molecular weight is 507 g/mol. The van der Waals surface area contributed by atoms with Crippen LogP contribution < -0.4 is 5.32 Å². The summed E-state index contributed by atoms with van der Waals surface area (Å²) in [6.45, 7) is 2.20. The molecule has 0 aliphatic heterocycles. The van der Waals surface area contributed by atoms with Gasteiger partial charge in [0.15, 0.2) is 5.96 Å². The first-order valence-corrected chi connectivity index (χ1v) is 9.36. The Labute approximate surface area is 188 Å². The number of nitrogens with zero attached hydrogens (tertiary/aromatic N) is 4. The van der Waals surface area contributed by atoms with Gasteiger partial charge in [0.25, 0.3) is 0 Å². The number of imidazole rings is 1. The van der Waals surface area contributed by atoms with Gasteiger partial charge in [0.2, 0.25) is 0 Å². The monoisotopic (exact) mass is 507 g/mol. The Hall–Kier alpha value is -2.42. The Morgan fingerprint density at radius 2 is 1.83 bits per heavy atom. The first kappa shape index (κ1) is 22.9. The van der Waals surface area contributed by atoms with E-state index in [-0.39, 0.29) is 29.8 Å². The normalized spacial score (nSPS) is 11.1. The summed E-state index contributed by atoms with van der Waals surface area (Å²) in [5, 5.41) is 3.38. The summed E-state index contributed by atoms with van der Waals surface area (Å²) in [6, 6.07) is 16.9. The average Bonchev–Trinajstić information content (AvgIpc) is 3.14. The van der Waals surface area contributed by atoms with Crippen LogP contribution in [0.1, 0.15) is 17.0 Å². The summed E-state index contributed by atoms with van der Waals surface area (Å²) in [5.74, 6) is 1.61. The highest BCUT2D eigenvalue weighted by Gasteiger charge is 2.08. The number of aromatic nitrogens is 2. The number of hydrogen-bond donors (Lipinski definition) is 1. The molecule has 1 aromatic heterocycles. The molecule has 1 N–H and O–H groups in total. The van der Waals surface area contributed by atoms with Crippen molar-refractivity contribution >= 4 is 29.9 Å². The van der Waals surface area contributed by atoms with E-state index < -0.39 is 0 Å². The Morgan fingerprint density at radius 3 is 2.52 bits per heavy atom. The molecule has 1 heterocycles. The third kappa shape index (κ3) is 6.85. The molecule has 0 aliphatic rings. The van der Waals surface area contributed by atoms with Crippen molar-refractivity contribution < 1.29 is 4.39 Å². The second-order valence-corrected chi connectivity index (χ2v) is 6.66. The van der Waals surface area contributed by atoms with Gasteiger partial charge >= 0.3 is 0 Å². The zero-order chi connectivity index (χ0) is 19.8. The zero-order valence-electron chi connectivity index (χ0n) is 16.8. The van der Waals surface area contributed by atoms with Gasteiger partial charge < -0.3 is 14.8 Å².